The van der Waals surface area contributed by atoms with Gasteiger partial charge in [-0.2, -0.15) is 0 Å². The summed E-state index contributed by atoms with van der Waals surface area (Å²) in [6.07, 6.45) is 0. The van der Waals surface area contributed by atoms with E-state index in [4.69, 9.17) is 0 Å². The van der Waals surface area contributed by atoms with Crippen molar-refractivity contribution >= 4 is 17.3 Å². The Balaban J connectivity index is 2.33. The Morgan fingerprint density at radius 3 is 2.57 bits per heavy atom. The van der Waals surface area contributed by atoms with Crippen LogP contribution < -0.4 is 10.6 Å². The van der Waals surface area contributed by atoms with Crippen molar-refractivity contribution in [3.63, 3.8) is 0 Å². The van der Waals surface area contributed by atoms with Crippen LogP contribution in [0.15, 0.2) is 36.4 Å². The SMILES string of the molecule is CCNc1ccccc1C(=O)Nc1c(F)ccc(C)c1F. The fraction of sp³-hybridized carbons (Fsp3) is 0.188. The summed E-state index contributed by atoms with van der Waals surface area (Å²) in [5, 5.41) is 5.34. The molecule has 3 nitrogen and oxygen atoms in total. The molecule has 21 heavy (non-hydrogen) atoms. The lowest BCUT2D eigenvalue weighted by Crippen LogP contribution is -2.17. The highest BCUT2D eigenvalue weighted by Crippen LogP contribution is 2.23. The normalized spacial score (nSPS) is 10.3. The maximum absolute atomic E-state index is 13.9. The molecule has 5 heteroatoms. The van der Waals surface area contributed by atoms with E-state index in [9.17, 15) is 13.6 Å². The lowest BCUT2D eigenvalue weighted by atomic mass is 10.1. The number of hydrogen-bond acceptors (Lipinski definition) is 2. The van der Waals surface area contributed by atoms with Gasteiger partial charge in [-0.1, -0.05) is 18.2 Å². The zero-order chi connectivity index (χ0) is 15.4. The van der Waals surface area contributed by atoms with Gasteiger partial charge in [0, 0.05) is 12.2 Å². The van der Waals surface area contributed by atoms with E-state index in [1.54, 1.807) is 24.3 Å². The monoisotopic (exact) mass is 290 g/mol. The average Bonchev–Trinajstić information content (AvgIpc) is 2.48. The van der Waals surface area contributed by atoms with Crippen LogP contribution in [0.4, 0.5) is 20.2 Å². The fourth-order valence-electron chi connectivity index (χ4n) is 1.98. The Morgan fingerprint density at radius 2 is 1.86 bits per heavy atom. The summed E-state index contributed by atoms with van der Waals surface area (Å²) in [4.78, 5) is 12.2. The van der Waals surface area contributed by atoms with Crippen molar-refractivity contribution in [3.8, 4) is 0 Å². The molecule has 0 radical (unpaired) electrons. The summed E-state index contributed by atoms with van der Waals surface area (Å²) >= 11 is 0. The number of para-hydroxylation sites is 1. The Bertz CT molecular complexity index is 671. The molecule has 0 aliphatic carbocycles. The molecule has 2 aromatic rings. The van der Waals surface area contributed by atoms with Gasteiger partial charge < -0.3 is 10.6 Å². The third kappa shape index (κ3) is 3.18. The molecule has 1 amide bonds. The van der Waals surface area contributed by atoms with Gasteiger partial charge in [0.1, 0.15) is 11.5 Å². The maximum atomic E-state index is 13.9. The van der Waals surface area contributed by atoms with E-state index < -0.39 is 23.2 Å². The van der Waals surface area contributed by atoms with Gasteiger partial charge in [-0.3, -0.25) is 4.79 Å². The minimum Gasteiger partial charge on any atom is -0.385 e. The van der Waals surface area contributed by atoms with E-state index in [-0.39, 0.29) is 5.56 Å². The summed E-state index contributed by atoms with van der Waals surface area (Å²) in [6.45, 7) is 4.04. The zero-order valence-corrected chi connectivity index (χ0v) is 11.8. The van der Waals surface area contributed by atoms with Gasteiger partial charge in [-0.25, -0.2) is 8.78 Å². The van der Waals surface area contributed by atoms with Crippen molar-refractivity contribution in [2.75, 3.05) is 17.2 Å². The molecule has 0 atom stereocenters. The molecule has 2 aromatic carbocycles. The quantitative estimate of drug-likeness (QED) is 0.895. The topological polar surface area (TPSA) is 41.1 Å². The number of halogens is 2. The molecule has 2 rings (SSSR count). The van der Waals surface area contributed by atoms with Gasteiger partial charge in [-0.15, -0.1) is 0 Å². The van der Waals surface area contributed by atoms with Crippen molar-refractivity contribution in [2.24, 2.45) is 0 Å². The number of carbonyl (C=O) groups is 1. The van der Waals surface area contributed by atoms with E-state index in [0.29, 0.717) is 17.8 Å². The molecule has 0 unspecified atom stereocenters. The average molecular weight is 290 g/mol. The predicted octanol–water partition coefficient (Wildman–Crippen LogP) is 3.96. The largest absolute Gasteiger partial charge is 0.385 e. The Labute approximate surface area is 122 Å². The first-order valence-electron chi connectivity index (χ1n) is 6.63. The molecule has 0 saturated heterocycles. The first-order valence-corrected chi connectivity index (χ1v) is 6.63. The summed E-state index contributed by atoms with van der Waals surface area (Å²) in [5.41, 5.74) is 0.795. The van der Waals surface area contributed by atoms with Crippen LogP contribution in [0.2, 0.25) is 0 Å². The number of carbonyl (C=O) groups excluding carboxylic acids is 1. The first-order chi connectivity index (χ1) is 10.0. The standard InChI is InChI=1S/C16H16F2N2O/c1-3-19-13-7-5-4-6-11(13)16(21)20-15-12(17)9-8-10(2)14(15)18/h4-9,19H,3H2,1-2H3,(H,20,21). The Kier molecular flexibility index (Phi) is 4.52. The highest BCUT2D eigenvalue weighted by Gasteiger charge is 2.17. The number of aryl methyl sites for hydroxylation is 1. The van der Waals surface area contributed by atoms with Crippen molar-refractivity contribution < 1.29 is 13.6 Å². The van der Waals surface area contributed by atoms with Crippen LogP contribution in [-0.2, 0) is 0 Å². The Hall–Kier alpha value is -2.43. The number of rotatable bonds is 4. The van der Waals surface area contributed by atoms with Crippen LogP contribution in [0.1, 0.15) is 22.8 Å². The lowest BCUT2D eigenvalue weighted by Gasteiger charge is -2.12. The first kappa shape index (κ1) is 15.0. The predicted molar refractivity (Wildman–Crippen MR) is 79.7 cm³/mol. The molecule has 0 heterocycles. The van der Waals surface area contributed by atoms with E-state index in [1.165, 1.54) is 13.0 Å². The van der Waals surface area contributed by atoms with Crippen LogP contribution in [0.3, 0.4) is 0 Å². The van der Waals surface area contributed by atoms with Crippen molar-refractivity contribution in [1.82, 2.24) is 0 Å². The number of hydrogen-bond donors (Lipinski definition) is 2. The van der Waals surface area contributed by atoms with Crippen molar-refractivity contribution in [3.05, 3.63) is 59.2 Å². The molecular weight excluding hydrogens is 274 g/mol. The molecule has 0 aromatic heterocycles. The molecule has 0 fully saturated rings. The molecule has 0 aliphatic rings. The summed E-state index contributed by atoms with van der Waals surface area (Å²) in [7, 11) is 0. The second-order valence-corrected chi connectivity index (χ2v) is 4.58. The number of amides is 1. The summed E-state index contributed by atoms with van der Waals surface area (Å²) in [6, 6.07) is 9.26. The number of anilines is 2. The smallest absolute Gasteiger partial charge is 0.257 e. The molecule has 0 saturated carbocycles. The van der Waals surface area contributed by atoms with Gasteiger partial charge in [0.05, 0.1) is 5.56 Å². The second kappa shape index (κ2) is 6.35. The molecule has 0 spiro atoms. The Morgan fingerprint density at radius 1 is 1.14 bits per heavy atom. The van der Waals surface area contributed by atoms with Gasteiger partial charge in [0.2, 0.25) is 0 Å². The van der Waals surface area contributed by atoms with Crippen molar-refractivity contribution in [2.45, 2.75) is 13.8 Å². The highest BCUT2D eigenvalue weighted by molar-refractivity contribution is 6.08. The number of benzene rings is 2. The zero-order valence-electron chi connectivity index (χ0n) is 11.8. The molecule has 0 aliphatic heterocycles. The summed E-state index contributed by atoms with van der Waals surface area (Å²) < 4.78 is 27.6. The molecule has 0 bridgehead atoms. The second-order valence-electron chi connectivity index (χ2n) is 4.58. The van der Waals surface area contributed by atoms with Crippen LogP contribution in [0.25, 0.3) is 0 Å². The van der Waals surface area contributed by atoms with Gasteiger partial charge >= 0.3 is 0 Å². The van der Waals surface area contributed by atoms with Gasteiger partial charge in [0.15, 0.2) is 5.82 Å². The van der Waals surface area contributed by atoms with Gasteiger partial charge in [-0.05, 0) is 37.6 Å². The molecular formula is C16H16F2N2O. The minimum absolute atomic E-state index is 0.270. The number of nitrogens with one attached hydrogen (secondary N) is 2. The van der Waals surface area contributed by atoms with E-state index in [2.05, 4.69) is 10.6 Å². The van der Waals surface area contributed by atoms with E-state index in [0.717, 1.165) is 6.07 Å². The van der Waals surface area contributed by atoms with Crippen LogP contribution in [0, 0.1) is 18.6 Å². The van der Waals surface area contributed by atoms with E-state index in [1.807, 2.05) is 6.92 Å². The lowest BCUT2D eigenvalue weighted by molar-refractivity contribution is 0.102. The third-order valence-electron chi connectivity index (χ3n) is 3.06. The highest BCUT2D eigenvalue weighted by atomic mass is 19.1. The third-order valence-corrected chi connectivity index (χ3v) is 3.06. The van der Waals surface area contributed by atoms with Gasteiger partial charge in [0.25, 0.3) is 5.91 Å². The van der Waals surface area contributed by atoms with Crippen LogP contribution in [0.5, 0.6) is 0 Å². The van der Waals surface area contributed by atoms with Crippen LogP contribution >= 0.6 is 0 Å². The molecule has 2 N–H and O–H groups in total. The van der Waals surface area contributed by atoms with Crippen molar-refractivity contribution in [1.29, 1.82) is 0 Å². The van der Waals surface area contributed by atoms with Crippen LogP contribution in [-0.4, -0.2) is 12.5 Å². The minimum atomic E-state index is -0.799. The maximum Gasteiger partial charge on any atom is 0.257 e. The van der Waals surface area contributed by atoms with E-state index >= 15 is 0 Å². The summed E-state index contributed by atoms with van der Waals surface area (Å²) in [5.74, 6) is -2.12. The molecule has 110 valence electrons. The fourth-order valence-corrected chi connectivity index (χ4v) is 1.98.